The van der Waals surface area contributed by atoms with E-state index in [0.29, 0.717) is 0 Å². The van der Waals surface area contributed by atoms with Gasteiger partial charge in [0.05, 0.1) is 13.2 Å². The first-order chi connectivity index (χ1) is 11.1. The van der Waals surface area contributed by atoms with E-state index < -0.39 is 44.4 Å². The summed E-state index contributed by atoms with van der Waals surface area (Å²) in [5, 5.41) is 10.6. The molecule has 146 valence electrons. The van der Waals surface area contributed by atoms with Crippen LogP contribution in [0.4, 0.5) is 4.79 Å². The van der Waals surface area contributed by atoms with E-state index in [4.69, 9.17) is 13.9 Å². The van der Waals surface area contributed by atoms with Gasteiger partial charge >= 0.3 is 12.1 Å². The number of aliphatic hydroxyl groups excluding tert-OH is 1. The van der Waals surface area contributed by atoms with Crippen LogP contribution in [0.15, 0.2) is 0 Å². The lowest BCUT2D eigenvalue weighted by Crippen LogP contribution is -2.50. The number of hydrogen-bond acceptors (Lipinski definition) is 6. The summed E-state index contributed by atoms with van der Waals surface area (Å²) in [5.41, 5.74) is -0.740. The molecule has 0 aliphatic carbocycles. The molecule has 1 unspecified atom stereocenters. The minimum Gasteiger partial charge on any atom is -0.467 e. The molecule has 3 atom stereocenters. The number of likely N-dealkylation sites (tertiary alicyclic amines) is 1. The molecular formula is C17H33NO6Si. The van der Waals surface area contributed by atoms with E-state index in [2.05, 4.69) is 33.9 Å². The number of hydrogen-bond donors (Lipinski definition) is 1. The van der Waals surface area contributed by atoms with E-state index in [1.165, 1.54) is 7.11 Å². The topological polar surface area (TPSA) is 85.3 Å². The second-order valence-corrected chi connectivity index (χ2v) is 13.7. The summed E-state index contributed by atoms with van der Waals surface area (Å²) >= 11 is 0. The van der Waals surface area contributed by atoms with Crippen molar-refractivity contribution in [3.63, 3.8) is 0 Å². The summed E-state index contributed by atoms with van der Waals surface area (Å²) in [4.78, 5) is 25.7. The van der Waals surface area contributed by atoms with Crippen LogP contribution in [0.5, 0.6) is 0 Å². The number of carbonyl (C=O) groups is 2. The zero-order valence-corrected chi connectivity index (χ0v) is 17.9. The van der Waals surface area contributed by atoms with Gasteiger partial charge in [0, 0.05) is 6.42 Å². The van der Waals surface area contributed by atoms with Crippen LogP contribution in [0, 0.1) is 0 Å². The summed E-state index contributed by atoms with van der Waals surface area (Å²) in [7, 11) is -0.934. The molecule has 8 heteroatoms. The van der Waals surface area contributed by atoms with Crippen molar-refractivity contribution in [2.24, 2.45) is 0 Å². The molecule has 1 aliphatic rings. The molecule has 1 rings (SSSR count). The first-order valence-corrected chi connectivity index (χ1v) is 11.5. The highest BCUT2D eigenvalue weighted by molar-refractivity contribution is 6.74. The largest absolute Gasteiger partial charge is 0.467 e. The average Bonchev–Trinajstić information content (AvgIpc) is 2.71. The minimum atomic E-state index is -2.19. The number of rotatable bonds is 3. The molecule has 1 N–H and O–H groups in total. The van der Waals surface area contributed by atoms with Crippen molar-refractivity contribution in [2.45, 2.75) is 90.1 Å². The van der Waals surface area contributed by atoms with Crippen molar-refractivity contribution in [3.05, 3.63) is 0 Å². The first kappa shape index (κ1) is 21.9. The maximum atomic E-state index is 12.5. The zero-order valence-electron chi connectivity index (χ0n) is 16.9. The number of methoxy groups -OCH3 is 1. The molecule has 0 radical (unpaired) electrons. The summed E-state index contributed by atoms with van der Waals surface area (Å²) in [5.74, 6) is -0.591. The number of aliphatic hydroxyl groups is 1. The molecule has 0 saturated carbocycles. The molecule has 0 bridgehead atoms. The van der Waals surface area contributed by atoms with Gasteiger partial charge in [-0.1, -0.05) is 20.8 Å². The Balaban J connectivity index is 3.07. The lowest BCUT2D eigenvalue weighted by Gasteiger charge is -2.39. The normalized spacial score (nSPS) is 25.0. The highest BCUT2D eigenvalue weighted by Gasteiger charge is 2.52. The Bertz CT molecular complexity index is 508. The van der Waals surface area contributed by atoms with Crippen LogP contribution in [-0.4, -0.2) is 61.5 Å². The van der Waals surface area contributed by atoms with E-state index in [1.54, 1.807) is 20.8 Å². The van der Waals surface area contributed by atoms with Gasteiger partial charge in [-0.25, -0.2) is 9.59 Å². The van der Waals surface area contributed by atoms with Crippen LogP contribution < -0.4 is 0 Å². The van der Waals surface area contributed by atoms with Crippen molar-refractivity contribution < 1.29 is 28.6 Å². The van der Waals surface area contributed by atoms with Crippen LogP contribution in [0.3, 0.4) is 0 Å². The molecule has 0 aromatic rings. The van der Waals surface area contributed by atoms with Crippen LogP contribution >= 0.6 is 0 Å². The molecule has 7 nitrogen and oxygen atoms in total. The van der Waals surface area contributed by atoms with Crippen molar-refractivity contribution in [3.8, 4) is 0 Å². The standard InChI is InChI=1S/C17H33NO6Si/c1-16(2,3)23-15(21)18-11(14(20)22-7)10-12(13(18)19)24-25(8,9)17(4,5)6/h11-13,19H,10H2,1-9H3/t11-,12+,13?/m1/s1. The Labute approximate surface area is 151 Å². The van der Waals surface area contributed by atoms with Gasteiger partial charge in [-0.15, -0.1) is 0 Å². The Morgan fingerprint density at radius 2 is 1.64 bits per heavy atom. The summed E-state index contributed by atoms with van der Waals surface area (Å²) in [6.45, 7) is 15.6. The number of nitrogens with zero attached hydrogens (tertiary/aromatic N) is 1. The molecule has 1 saturated heterocycles. The lowest BCUT2D eigenvalue weighted by atomic mass is 10.2. The van der Waals surface area contributed by atoms with E-state index in [9.17, 15) is 14.7 Å². The Kier molecular flexibility index (Phi) is 6.35. The number of carbonyl (C=O) groups excluding carboxylic acids is 2. The molecule has 1 aliphatic heterocycles. The van der Waals surface area contributed by atoms with Gasteiger partial charge < -0.3 is 19.0 Å². The fraction of sp³-hybridized carbons (Fsp3) is 0.882. The number of esters is 1. The minimum absolute atomic E-state index is 0.0627. The summed E-state index contributed by atoms with van der Waals surface area (Å²) in [6.07, 6.45) is -2.48. The number of amides is 1. The van der Waals surface area contributed by atoms with E-state index in [0.717, 1.165) is 4.90 Å². The fourth-order valence-electron chi connectivity index (χ4n) is 2.38. The van der Waals surface area contributed by atoms with Gasteiger partial charge in [0.25, 0.3) is 0 Å². The average molecular weight is 376 g/mol. The molecule has 25 heavy (non-hydrogen) atoms. The highest BCUT2D eigenvalue weighted by atomic mass is 28.4. The van der Waals surface area contributed by atoms with Crippen LogP contribution in [0.2, 0.25) is 18.1 Å². The van der Waals surface area contributed by atoms with Gasteiger partial charge in [-0.05, 0) is 38.9 Å². The van der Waals surface area contributed by atoms with Crippen molar-refractivity contribution in [1.82, 2.24) is 4.90 Å². The Morgan fingerprint density at radius 3 is 2.04 bits per heavy atom. The number of ether oxygens (including phenoxy) is 2. The second-order valence-electron chi connectivity index (χ2n) is 8.99. The summed E-state index contributed by atoms with van der Waals surface area (Å²) in [6, 6.07) is -0.926. The van der Waals surface area contributed by atoms with Gasteiger partial charge in [0.15, 0.2) is 14.5 Å². The van der Waals surface area contributed by atoms with Gasteiger partial charge in [-0.2, -0.15) is 0 Å². The predicted molar refractivity (Wildman–Crippen MR) is 96.6 cm³/mol. The van der Waals surface area contributed by atoms with Crippen molar-refractivity contribution >= 4 is 20.4 Å². The van der Waals surface area contributed by atoms with Crippen molar-refractivity contribution in [2.75, 3.05) is 7.11 Å². The van der Waals surface area contributed by atoms with Crippen LogP contribution in [0.1, 0.15) is 48.0 Å². The predicted octanol–water partition coefficient (Wildman–Crippen LogP) is 2.88. The van der Waals surface area contributed by atoms with E-state index in [1.807, 2.05) is 0 Å². The highest BCUT2D eigenvalue weighted by Crippen LogP contribution is 2.40. The molecule has 0 aromatic heterocycles. The quantitative estimate of drug-likeness (QED) is 0.603. The molecule has 1 heterocycles. The third kappa shape index (κ3) is 5.18. The van der Waals surface area contributed by atoms with Gasteiger partial charge in [0.2, 0.25) is 0 Å². The van der Waals surface area contributed by atoms with Gasteiger partial charge in [0.1, 0.15) is 11.6 Å². The Morgan fingerprint density at radius 1 is 1.12 bits per heavy atom. The van der Waals surface area contributed by atoms with Crippen LogP contribution in [-0.2, 0) is 18.7 Å². The van der Waals surface area contributed by atoms with E-state index in [-0.39, 0.29) is 11.5 Å². The lowest BCUT2D eigenvalue weighted by molar-refractivity contribution is -0.148. The smallest absolute Gasteiger partial charge is 0.413 e. The molecule has 1 fully saturated rings. The maximum Gasteiger partial charge on any atom is 0.413 e. The third-order valence-electron chi connectivity index (χ3n) is 4.74. The van der Waals surface area contributed by atoms with E-state index >= 15 is 0 Å². The zero-order chi connectivity index (χ0) is 19.8. The summed E-state index contributed by atoms with van der Waals surface area (Å²) < 4.78 is 16.4. The third-order valence-corrected chi connectivity index (χ3v) is 9.24. The van der Waals surface area contributed by atoms with Crippen LogP contribution in [0.25, 0.3) is 0 Å². The monoisotopic (exact) mass is 375 g/mol. The molecule has 1 amide bonds. The fourth-order valence-corrected chi connectivity index (χ4v) is 3.71. The molecular weight excluding hydrogens is 342 g/mol. The second kappa shape index (κ2) is 7.24. The Hall–Kier alpha value is -1.12. The SMILES string of the molecule is COC(=O)[C@H]1C[C@H](O[Si](C)(C)C(C)(C)C)C(O)N1C(=O)OC(C)(C)C. The van der Waals surface area contributed by atoms with Crippen molar-refractivity contribution in [1.29, 1.82) is 0 Å². The molecule has 0 spiro atoms. The maximum absolute atomic E-state index is 12.5. The first-order valence-electron chi connectivity index (χ1n) is 8.56. The molecule has 0 aromatic carbocycles. The van der Waals surface area contributed by atoms with Gasteiger partial charge in [-0.3, -0.25) is 4.90 Å².